The van der Waals surface area contributed by atoms with E-state index in [4.69, 9.17) is 20.8 Å². The van der Waals surface area contributed by atoms with Crippen LogP contribution in [-0.2, 0) is 4.74 Å². The van der Waals surface area contributed by atoms with Crippen molar-refractivity contribution in [3.63, 3.8) is 0 Å². The normalized spacial score (nSPS) is 22.8. The summed E-state index contributed by atoms with van der Waals surface area (Å²) in [6.07, 6.45) is 1.21. The minimum absolute atomic E-state index is 0.104. The van der Waals surface area contributed by atoms with Crippen molar-refractivity contribution in [3.8, 4) is 17.0 Å². The van der Waals surface area contributed by atoms with E-state index in [0.29, 0.717) is 40.1 Å². The van der Waals surface area contributed by atoms with Gasteiger partial charge in [-0.2, -0.15) is 4.98 Å². The highest BCUT2D eigenvalue weighted by molar-refractivity contribution is 6.31. The maximum Gasteiger partial charge on any atom is 0.300 e. The van der Waals surface area contributed by atoms with Crippen LogP contribution in [0.2, 0.25) is 5.02 Å². The van der Waals surface area contributed by atoms with Gasteiger partial charge in [0.25, 0.3) is 6.01 Å². The van der Waals surface area contributed by atoms with Gasteiger partial charge in [-0.15, -0.1) is 0 Å². The molecule has 2 atom stereocenters. The maximum absolute atomic E-state index is 10.4. The van der Waals surface area contributed by atoms with Gasteiger partial charge in [0.1, 0.15) is 5.75 Å². The lowest BCUT2D eigenvalue weighted by Crippen LogP contribution is -2.59. The zero-order valence-corrected chi connectivity index (χ0v) is 17.2. The summed E-state index contributed by atoms with van der Waals surface area (Å²) in [4.78, 5) is 13.9. The lowest BCUT2D eigenvalue weighted by Gasteiger charge is -2.45. The highest BCUT2D eigenvalue weighted by atomic mass is 35.5. The highest BCUT2D eigenvalue weighted by Crippen LogP contribution is 2.36. The molecule has 2 aliphatic rings. The van der Waals surface area contributed by atoms with Crippen LogP contribution in [0, 0.1) is 6.92 Å². The molecule has 29 heavy (non-hydrogen) atoms. The number of halogens is 1. The van der Waals surface area contributed by atoms with E-state index in [0.717, 1.165) is 31.6 Å². The number of benzene rings is 1. The van der Waals surface area contributed by atoms with Gasteiger partial charge in [0, 0.05) is 30.2 Å². The van der Waals surface area contributed by atoms with Crippen LogP contribution in [0.15, 0.2) is 28.7 Å². The molecular weight excluding hydrogens is 392 g/mol. The zero-order chi connectivity index (χ0) is 20.1. The topological polar surface area (TPSA) is 74.9 Å². The number of likely N-dealkylation sites (tertiary alicyclic amines) is 1. The van der Waals surface area contributed by atoms with E-state index in [1.54, 1.807) is 0 Å². The van der Waals surface area contributed by atoms with Crippen molar-refractivity contribution in [2.24, 2.45) is 0 Å². The van der Waals surface area contributed by atoms with Crippen LogP contribution in [0.4, 0.5) is 6.01 Å². The first-order chi connectivity index (χ1) is 14.0. The Labute approximate surface area is 173 Å². The Kier molecular flexibility index (Phi) is 4.61. The quantitative estimate of drug-likeness (QED) is 0.688. The number of likely N-dealkylation sites (N-methyl/N-ethyl adjacent to an activating group) is 1. The Morgan fingerprint density at radius 2 is 2.07 bits per heavy atom. The van der Waals surface area contributed by atoms with Crippen molar-refractivity contribution >= 4 is 28.8 Å². The van der Waals surface area contributed by atoms with Gasteiger partial charge in [-0.3, -0.25) is 0 Å². The molecule has 4 heterocycles. The smallest absolute Gasteiger partial charge is 0.300 e. The van der Waals surface area contributed by atoms with Crippen molar-refractivity contribution in [2.45, 2.75) is 25.5 Å². The monoisotopic (exact) mass is 414 g/mol. The molecule has 1 aromatic carbocycles. The molecule has 0 amide bonds. The zero-order valence-electron chi connectivity index (χ0n) is 16.4. The van der Waals surface area contributed by atoms with E-state index in [1.165, 1.54) is 6.07 Å². The first kappa shape index (κ1) is 18.7. The van der Waals surface area contributed by atoms with Gasteiger partial charge in [-0.25, -0.2) is 4.98 Å². The van der Waals surface area contributed by atoms with Gasteiger partial charge in [0.15, 0.2) is 5.58 Å². The molecule has 0 bridgehead atoms. The summed E-state index contributed by atoms with van der Waals surface area (Å²) in [5.41, 5.74) is 3.30. The predicted molar refractivity (Wildman–Crippen MR) is 112 cm³/mol. The van der Waals surface area contributed by atoms with Crippen LogP contribution in [0.5, 0.6) is 5.75 Å². The second-order valence-electron chi connectivity index (χ2n) is 7.85. The third-order valence-corrected chi connectivity index (χ3v) is 6.03. The summed E-state index contributed by atoms with van der Waals surface area (Å²) in [6.45, 7) is 5.26. The first-order valence-corrected chi connectivity index (χ1v) is 10.2. The number of phenolic OH excluding ortho intramolecular Hbond substituents is 1. The summed E-state index contributed by atoms with van der Waals surface area (Å²) < 4.78 is 12.0. The third-order valence-electron chi connectivity index (χ3n) is 5.81. The van der Waals surface area contributed by atoms with E-state index in [-0.39, 0.29) is 17.9 Å². The Morgan fingerprint density at radius 3 is 2.90 bits per heavy atom. The molecule has 0 spiro atoms. The Morgan fingerprint density at radius 1 is 1.21 bits per heavy atom. The van der Waals surface area contributed by atoms with Gasteiger partial charge in [-0.05, 0) is 50.2 Å². The molecule has 152 valence electrons. The number of nitrogens with zero attached hydrogens (tertiary/aromatic N) is 4. The van der Waals surface area contributed by atoms with Gasteiger partial charge >= 0.3 is 0 Å². The number of morpholine rings is 1. The number of aromatic nitrogens is 2. The predicted octanol–water partition coefficient (Wildman–Crippen LogP) is 3.47. The fourth-order valence-corrected chi connectivity index (χ4v) is 4.66. The van der Waals surface area contributed by atoms with Gasteiger partial charge in [-0.1, -0.05) is 11.6 Å². The highest BCUT2D eigenvalue weighted by Gasteiger charge is 2.38. The molecule has 8 heteroatoms. The van der Waals surface area contributed by atoms with Crippen LogP contribution in [-0.4, -0.2) is 65.4 Å². The lowest BCUT2D eigenvalue weighted by atomic mass is 9.99. The standard InChI is InChI=1S/C21H23ClN4O3/c1-12-9-13(22)10-16(27)19(12)14-3-4-18-20(23-14)24-21(29-18)26-7-8-28-17-5-6-25(2)11-15(17)26/h3-4,9-10,15,17,27H,5-8,11H2,1-2H3. The minimum Gasteiger partial charge on any atom is -0.507 e. The number of ether oxygens (including phenoxy) is 1. The van der Waals surface area contributed by atoms with Gasteiger partial charge in [0.2, 0.25) is 5.65 Å². The van der Waals surface area contributed by atoms with Crippen molar-refractivity contribution < 1.29 is 14.3 Å². The second-order valence-corrected chi connectivity index (χ2v) is 8.29. The van der Waals surface area contributed by atoms with Crippen LogP contribution in [0.25, 0.3) is 22.5 Å². The van der Waals surface area contributed by atoms with Gasteiger partial charge < -0.3 is 24.1 Å². The number of pyridine rings is 1. The average Bonchev–Trinajstić information content (AvgIpc) is 3.10. The van der Waals surface area contributed by atoms with E-state index in [2.05, 4.69) is 26.8 Å². The molecule has 7 nitrogen and oxygen atoms in total. The van der Waals surface area contributed by atoms with Crippen molar-refractivity contribution in [1.82, 2.24) is 14.9 Å². The molecule has 0 saturated carbocycles. The van der Waals surface area contributed by atoms with Crippen LogP contribution >= 0.6 is 11.6 Å². The fraction of sp³-hybridized carbons (Fsp3) is 0.429. The molecule has 0 aliphatic carbocycles. The molecule has 2 unspecified atom stereocenters. The summed E-state index contributed by atoms with van der Waals surface area (Å²) in [5.74, 6) is 0.104. The number of piperidine rings is 1. The summed E-state index contributed by atoms with van der Waals surface area (Å²) in [6, 6.07) is 7.82. The Balaban J connectivity index is 1.52. The van der Waals surface area contributed by atoms with Crippen molar-refractivity contribution in [3.05, 3.63) is 34.9 Å². The SMILES string of the molecule is Cc1cc(Cl)cc(O)c1-c1ccc2oc(N3CCOC4CCN(C)CC43)nc2n1. The fourth-order valence-electron chi connectivity index (χ4n) is 4.40. The maximum atomic E-state index is 10.4. The largest absolute Gasteiger partial charge is 0.507 e. The second kappa shape index (κ2) is 7.16. The summed E-state index contributed by atoms with van der Waals surface area (Å²) in [7, 11) is 2.13. The van der Waals surface area contributed by atoms with E-state index in [9.17, 15) is 5.11 Å². The number of rotatable bonds is 2. The molecular formula is C21H23ClN4O3. The number of hydrogen-bond acceptors (Lipinski definition) is 7. The summed E-state index contributed by atoms with van der Waals surface area (Å²) >= 11 is 6.03. The molecule has 5 rings (SSSR count). The van der Waals surface area contributed by atoms with E-state index < -0.39 is 0 Å². The van der Waals surface area contributed by atoms with E-state index >= 15 is 0 Å². The number of fused-ring (bicyclic) bond motifs is 2. The molecule has 2 saturated heterocycles. The summed E-state index contributed by atoms with van der Waals surface area (Å²) in [5, 5.41) is 10.9. The Bertz CT molecular complexity index is 1050. The van der Waals surface area contributed by atoms with Crippen LogP contribution in [0.1, 0.15) is 12.0 Å². The number of phenols is 1. The molecule has 2 aromatic heterocycles. The minimum atomic E-state index is 0.104. The number of hydrogen-bond donors (Lipinski definition) is 1. The molecule has 0 radical (unpaired) electrons. The van der Waals surface area contributed by atoms with E-state index in [1.807, 2.05) is 25.1 Å². The third kappa shape index (κ3) is 3.33. The number of oxazole rings is 1. The molecule has 2 fully saturated rings. The molecule has 2 aliphatic heterocycles. The Hall–Kier alpha value is -2.35. The number of anilines is 1. The number of aryl methyl sites for hydroxylation is 1. The first-order valence-electron chi connectivity index (χ1n) is 9.83. The van der Waals surface area contributed by atoms with Crippen molar-refractivity contribution in [2.75, 3.05) is 38.2 Å². The van der Waals surface area contributed by atoms with Crippen LogP contribution in [0.3, 0.4) is 0 Å². The lowest BCUT2D eigenvalue weighted by molar-refractivity contribution is -0.0259. The molecule has 3 aromatic rings. The molecule has 1 N–H and O–H groups in total. The number of aromatic hydroxyl groups is 1. The average molecular weight is 415 g/mol. The van der Waals surface area contributed by atoms with Gasteiger partial charge in [0.05, 0.1) is 24.4 Å². The van der Waals surface area contributed by atoms with Crippen LogP contribution < -0.4 is 4.90 Å². The van der Waals surface area contributed by atoms with Crippen molar-refractivity contribution in [1.29, 1.82) is 0 Å².